The van der Waals surface area contributed by atoms with Crippen molar-refractivity contribution < 1.29 is 0 Å². The Morgan fingerprint density at radius 1 is 0.432 bits per heavy atom. The highest BCUT2D eigenvalue weighted by Crippen LogP contribution is 2.38. The third-order valence-electron chi connectivity index (χ3n) is 6.92. The molecule has 0 saturated carbocycles. The molecule has 0 aliphatic heterocycles. The molecule has 0 spiro atoms. The zero-order valence-corrected chi connectivity index (χ0v) is 21.5. The second kappa shape index (κ2) is 8.95. The Hall–Kier alpha value is -4.34. The van der Waals surface area contributed by atoms with Crippen molar-refractivity contribution >= 4 is 48.5 Å². The number of halogens is 1. The van der Waals surface area contributed by atoms with Gasteiger partial charge >= 0.3 is 0 Å². The summed E-state index contributed by atoms with van der Waals surface area (Å²) in [6.07, 6.45) is 0. The van der Waals surface area contributed by atoms with Crippen LogP contribution in [0.4, 0.5) is 0 Å². The van der Waals surface area contributed by atoms with Gasteiger partial charge in [-0.2, -0.15) is 0 Å². The molecule has 0 aliphatic carbocycles. The molecule has 0 radical (unpaired) electrons. The van der Waals surface area contributed by atoms with Crippen molar-refractivity contribution in [2.45, 2.75) is 0 Å². The van der Waals surface area contributed by atoms with Gasteiger partial charge in [-0.15, -0.1) is 0 Å². The maximum Gasteiger partial charge on any atom is 0.0979 e. The lowest BCUT2D eigenvalue weighted by molar-refractivity contribution is 1.30. The summed E-state index contributed by atoms with van der Waals surface area (Å²) in [6, 6.07) is 44.4. The largest absolute Gasteiger partial charge is 0.244 e. The van der Waals surface area contributed by atoms with E-state index in [4.69, 9.17) is 9.97 Å². The third kappa shape index (κ3) is 3.89. The number of nitrogens with zero attached hydrogens (tertiary/aromatic N) is 2. The SMILES string of the molecule is Brc1ccc(-c2nc3ccc(-c4ccccc4)cc3nc2-c2ccc3ccccc3c2)c2ccccc12. The van der Waals surface area contributed by atoms with Crippen LogP contribution in [0.1, 0.15) is 0 Å². The van der Waals surface area contributed by atoms with Gasteiger partial charge in [0.25, 0.3) is 0 Å². The molecule has 0 N–H and O–H groups in total. The quantitative estimate of drug-likeness (QED) is 0.224. The summed E-state index contributed by atoms with van der Waals surface area (Å²) in [6.45, 7) is 0. The standard InChI is InChI=1S/C34H21BrN2/c35-30-18-17-29(27-12-6-7-13-28(27)30)34-33(26-15-14-23-10-4-5-11-24(23)20-26)37-32-21-25(16-19-31(32)36-34)22-8-2-1-3-9-22/h1-21H. The van der Waals surface area contributed by atoms with Gasteiger partial charge in [0, 0.05) is 15.6 Å². The fourth-order valence-corrected chi connectivity index (χ4v) is 5.54. The maximum atomic E-state index is 5.27. The van der Waals surface area contributed by atoms with Crippen LogP contribution < -0.4 is 0 Å². The molecule has 174 valence electrons. The fraction of sp³-hybridized carbons (Fsp3) is 0. The summed E-state index contributed by atoms with van der Waals surface area (Å²) in [5.74, 6) is 0. The number of hydrogen-bond donors (Lipinski definition) is 0. The number of aromatic nitrogens is 2. The molecule has 0 atom stereocenters. The summed E-state index contributed by atoms with van der Waals surface area (Å²) < 4.78 is 1.07. The molecule has 1 aromatic heterocycles. The van der Waals surface area contributed by atoms with E-state index in [2.05, 4.69) is 137 Å². The first-order valence-electron chi connectivity index (χ1n) is 12.3. The molecule has 7 rings (SSSR count). The van der Waals surface area contributed by atoms with Gasteiger partial charge in [-0.3, -0.25) is 0 Å². The molecule has 2 nitrogen and oxygen atoms in total. The number of rotatable bonds is 3. The second-order valence-electron chi connectivity index (χ2n) is 9.19. The molecule has 0 fully saturated rings. The first-order valence-corrected chi connectivity index (χ1v) is 13.1. The molecular formula is C34H21BrN2. The van der Waals surface area contributed by atoms with Crippen molar-refractivity contribution in [1.29, 1.82) is 0 Å². The summed E-state index contributed by atoms with van der Waals surface area (Å²) in [5, 5.41) is 4.70. The van der Waals surface area contributed by atoms with E-state index in [-0.39, 0.29) is 0 Å². The van der Waals surface area contributed by atoms with Crippen LogP contribution in [0.15, 0.2) is 132 Å². The third-order valence-corrected chi connectivity index (χ3v) is 7.61. The van der Waals surface area contributed by atoms with Gasteiger partial charge in [-0.1, -0.05) is 119 Å². The van der Waals surface area contributed by atoms with Crippen LogP contribution in [0.25, 0.3) is 66.2 Å². The highest BCUT2D eigenvalue weighted by molar-refractivity contribution is 9.10. The molecule has 6 aromatic carbocycles. The Balaban J connectivity index is 1.53. The zero-order chi connectivity index (χ0) is 24.8. The average molecular weight is 537 g/mol. The van der Waals surface area contributed by atoms with Crippen molar-refractivity contribution in [2.75, 3.05) is 0 Å². The van der Waals surface area contributed by atoms with Crippen molar-refractivity contribution in [1.82, 2.24) is 9.97 Å². The van der Waals surface area contributed by atoms with Crippen molar-refractivity contribution in [3.8, 4) is 33.6 Å². The molecule has 7 aromatic rings. The van der Waals surface area contributed by atoms with Crippen molar-refractivity contribution in [3.63, 3.8) is 0 Å². The molecular weight excluding hydrogens is 516 g/mol. The monoisotopic (exact) mass is 536 g/mol. The lowest BCUT2D eigenvalue weighted by Crippen LogP contribution is -1.97. The Labute approximate surface area is 223 Å². The van der Waals surface area contributed by atoms with Crippen LogP contribution >= 0.6 is 15.9 Å². The molecule has 37 heavy (non-hydrogen) atoms. The van der Waals surface area contributed by atoms with Crippen LogP contribution in [0.2, 0.25) is 0 Å². The minimum absolute atomic E-state index is 0.881. The van der Waals surface area contributed by atoms with E-state index in [0.717, 1.165) is 54.4 Å². The lowest BCUT2D eigenvalue weighted by atomic mass is 9.96. The van der Waals surface area contributed by atoms with Gasteiger partial charge in [-0.05, 0) is 56.9 Å². The Morgan fingerprint density at radius 2 is 1.14 bits per heavy atom. The smallest absolute Gasteiger partial charge is 0.0979 e. The van der Waals surface area contributed by atoms with E-state index in [0.29, 0.717) is 0 Å². The van der Waals surface area contributed by atoms with Gasteiger partial charge in [0.15, 0.2) is 0 Å². The molecule has 1 heterocycles. The first-order chi connectivity index (χ1) is 18.2. The van der Waals surface area contributed by atoms with E-state index in [9.17, 15) is 0 Å². The van der Waals surface area contributed by atoms with E-state index in [1.807, 2.05) is 6.07 Å². The van der Waals surface area contributed by atoms with Gasteiger partial charge < -0.3 is 0 Å². The van der Waals surface area contributed by atoms with Crippen LogP contribution in [-0.4, -0.2) is 9.97 Å². The summed E-state index contributed by atoms with van der Waals surface area (Å²) in [5.41, 5.74) is 7.97. The first kappa shape index (κ1) is 21.9. The average Bonchev–Trinajstić information content (AvgIpc) is 2.97. The van der Waals surface area contributed by atoms with E-state index < -0.39 is 0 Å². The highest BCUT2D eigenvalue weighted by Gasteiger charge is 2.17. The lowest BCUT2D eigenvalue weighted by Gasteiger charge is -2.14. The van der Waals surface area contributed by atoms with Gasteiger partial charge in [-0.25, -0.2) is 9.97 Å². The van der Waals surface area contributed by atoms with Crippen LogP contribution in [-0.2, 0) is 0 Å². The van der Waals surface area contributed by atoms with E-state index >= 15 is 0 Å². The molecule has 3 heteroatoms. The Morgan fingerprint density at radius 3 is 2.00 bits per heavy atom. The van der Waals surface area contributed by atoms with Crippen molar-refractivity contribution in [2.24, 2.45) is 0 Å². The maximum absolute atomic E-state index is 5.27. The minimum Gasteiger partial charge on any atom is -0.244 e. The zero-order valence-electron chi connectivity index (χ0n) is 19.9. The topological polar surface area (TPSA) is 25.8 Å². The van der Waals surface area contributed by atoms with Crippen molar-refractivity contribution in [3.05, 3.63) is 132 Å². The predicted octanol–water partition coefficient (Wildman–Crippen LogP) is 9.70. The number of fused-ring (bicyclic) bond motifs is 3. The summed E-state index contributed by atoms with van der Waals surface area (Å²) >= 11 is 3.73. The van der Waals surface area contributed by atoms with Gasteiger partial charge in [0.1, 0.15) is 0 Å². The Kier molecular flexibility index (Phi) is 5.30. The van der Waals surface area contributed by atoms with E-state index in [1.165, 1.54) is 16.3 Å². The number of hydrogen-bond acceptors (Lipinski definition) is 2. The van der Waals surface area contributed by atoms with Crippen LogP contribution in [0.3, 0.4) is 0 Å². The van der Waals surface area contributed by atoms with Gasteiger partial charge in [0.2, 0.25) is 0 Å². The van der Waals surface area contributed by atoms with Crippen LogP contribution in [0.5, 0.6) is 0 Å². The van der Waals surface area contributed by atoms with Crippen LogP contribution in [0, 0.1) is 0 Å². The van der Waals surface area contributed by atoms with E-state index in [1.54, 1.807) is 0 Å². The molecule has 0 saturated heterocycles. The second-order valence-corrected chi connectivity index (χ2v) is 10.0. The highest BCUT2D eigenvalue weighted by atomic mass is 79.9. The molecule has 0 amide bonds. The van der Waals surface area contributed by atoms with Gasteiger partial charge in [0.05, 0.1) is 22.4 Å². The fourth-order valence-electron chi connectivity index (χ4n) is 5.06. The number of benzene rings is 6. The molecule has 0 bridgehead atoms. The Bertz CT molecular complexity index is 1940. The molecule has 0 unspecified atom stereocenters. The summed E-state index contributed by atoms with van der Waals surface area (Å²) in [4.78, 5) is 10.5. The molecule has 0 aliphatic rings. The predicted molar refractivity (Wildman–Crippen MR) is 159 cm³/mol. The normalized spacial score (nSPS) is 11.4. The summed E-state index contributed by atoms with van der Waals surface area (Å²) in [7, 11) is 0. The minimum atomic E-state index is 0.881.